The Bertz CT molecular complexity index is 132. The molecule has 0 aromatic heterocycles. The van der Waals surface area contributed by atoms with Crippen LogP contribution in [0.2, 0.25) is 0 Å². The van der Waals surface area contributed by atoms with Gasteiger partial charge in [-0.05, 0) is 6.42 Å². The molecule has 1 unspecified atom stereocenters. The van der Waals surface area contributed by atoms with Crippen molar-refractivity contribution < 1.29 is 9.47 Å². The molecular formula is C13H26O2. The molecule has 15 heavy (non-hydrogen) atoms. The highest BCUT2D eigenvalue weighted by atomic mass is 16.7. The van der Waals surface area contributed by atoms with E-state index in [9.17, 15) is 0 Å². The predicted octanol–water partition coefficient (Wildman–Crippen LogP) is 3.89. The van der Waals surface area contributed by atoms with Crippen LogP contribution in [-0.2, 0) is 9.47 Å². The summed E-state index contributed by atoms with van der Waals surface area (Å²) >= 11 is 0. The molecule has 1 heterocycles. The molecule has 0 aromatic rings. The molecule has 0 saturated carbocycles. The van der Waals surface area contributed by atoms with Crippen molar-refractivity contribution in [2.24, 2.45) is 0 Å². The Morgan fingerprint density at radius 1 is 1.00 bits per heavy atom. The first kappa shape index (κ1) is 13.0. The first-order chi connectivity index (χ1) is 7.43. The van der Waals surface area contributed by atoms with Crippen LogP contribution >= 0.6 is 0 Å². The third-order valence-electron chi connectivity index (χ3n) is 2.96. The number of unbranched alkanes of at least 4 members (excludes halogenated alkanes) is 7. The molecule has 0 N–H and O–H groups in total. The maximum absolute atomic E-state index is 5.50. The minimum atomic E-state index is 0.134. The van der Waals surface area contributed by atoms with Crippen molar-refractivity contribution in [3.8, 4) is 0 Å². The Hall–Kier alpha value is -0.0800. The van der Waals surface area contributed by atoms with E-state index in [0.717, 1.165) is 19.6 Å². The molecule has 2 nitrogen and oxygen atoms in total. The summed E-state index contributed by atoms with van der Waals surface area (Å²) in [6.07, 6.45) is 12.1. The van der Waals surface area contributed by atoms with Crippen molar-refractivity contribution in [2.45, 2.75) is 71.0 Å². The van der Waals surface area contributed by atoms with E-state index in [1.54, 1.807) is 0 Å². The number of rotatable bonds is 10. The average Bonchev–Trinajstić information content (AvgIpc) is 2.18. The lowest BCUT2D eigenvalue weighted by Crippen LogP contribution is -2.29. The Labute approximate surface area is 94.3 Å². The largest absolute Gasteiger partial charge is 0.353 e. The molecule has 0 aromatic carbocycles. The summed E-state index contributed by atoms with van der Waals surface area (Å²) < 4.78 is 10.7. The van der Waals surface area contributed by atoms with Crippen LogP contribution in [0.15, 0.2) is 0 Å². The summed E-state index contributed by atoms with van der Waals surface area (Å²) in [6.45, 7) is 4.04. The van der Waals surface area contributed by atoms with Gasteiger partial charge in [0.15, 0.2) is 6.29 Å². The molecule has 0 aliphatic carbocycles. The van der Waals surface area contributed by atoms with E-state index in [4.69, 9.17) is 9.47 Å². The van der Waals surface area contributed by atoms with Crippen LogP contribution in [0.1, 0.15) is 64.7 Å². The van der Waals surface area contributed by atoms with Gasteiger partial charge >= 0.3 is 0 Å². The van der Waals surface area contributed by atoms with E-state index >= 15 is 0 Å². The van der Waals surface area contributed by atoms with Crippen LogP contribution in [0.4, 0.5) is 0 Å². The molecule has 1 aliphatic heterocycles. The number of hydrogen-bond donors (Lipinski definition) is 0. The standard InChI is InChI=1S/C13H26O2/c1-2-3-4-5-6-7-8-9-11-14-13-10-12-15-13/h13H,2-12H2,1H3. The summed E-state index contributed by atoms with van der Waals surface area (Å²) in [4.78, 5) is 0. The number of ether oxygens (including phenoxy) is 2. The lowest BCUT2D eigenvalue weighted by atomic mass is 10.1. The predicted molar refractivity (Wildman–Crippen MR) is 62.9 cm³/mol. The fraction of sp³-hybridized carbons (Fsp3) is 1.00. The van der Waals surface area contributed by atoms with Gasteiger partial charge < -0.3 is 9.47 Å². The van der Waals surface area contributed by atoms with Crippen molar-refractivity contribution >= 4 is 0 Å². The Morgan fingerprint density at radius 3 is 2.13 bits per heavy atom. The third kappa shape index (κ3) is 6.91. The summed E-state index contributed by atoms with van der Waals surface area (Å²) in [5.41, 5.74) is 0. The van der Waals surface area contributed by atoms with Crippen molar-refractivity contribution in [2.75, 3.05) is 13.2 Å². The highest BCUT2D eigenvalue weighted by Gasteiger charge is 2.17. The van der Waals surface area contributed by atoms with Gasteiger partial charge in [-0.25, -0.2) is 0 Å². The SMILES string of the molecule is CCCCCCCCCCOC1CCO1. The van der Waals surface area contributed by atoms with E-state index in [-0.39, 0.29) is 6.29 Å². The lowest BCUT2D eigenvalue weighted by molar-refractivity contribution is -0.214. The van der Waals surface area contributed by atoms with Crippen molar-refractivity contribution in [1.82, 2.24) is 0 Å². The lowest BCUT2D eigenvalue weighted by Gasteiger charge is -2.26. The molecule has 0 bridgehead atoms. The smallest absolute Gasteiger partial charge is 0.159 e. The van der Waals surface area contributed by atoms with Crippen LogP contribution in [-0.4, -0.2) is 19.5 Å². The van der Waals surface area contributed by atoms with Crippen molar-refractivity contribution in [3.05, 3.63) is 0 Å². The zero-order valence-electron chi connectivity index (χ0n) is 10.2. The van der Waals surface area contributed by atoms with Crippen LogP contribution in [0.3, 0.4) is 0 Å². The van der Waals surface area contributed by atoms with Crippen LogP contribution in [0, 0.1) is 0 Å². The molecule has 2 heteroatoms. The zero-order chi connectivity index (χ0) is 10.8. The molecule has 1 fully saturated rings. The minimum absolute atomic E-state index is 0.134. The summed E-state index contributed by atoms with van der Waals surface area (Å²) in [5.74, 6) is 0. The van der Waals surface area contributed by atoms with E-state index in [2.05, 4.69) is 6.92 Å². The highest BCUT2D eigenvalue weighted by molar-refractivity contribution is 4.54. The van der Waals surface area contributed by atoms with Gasteiger partial charge in [-0.2, -0.15) is 0 Å². The highest BCUT2D eigenvalue weighted by Crippen LogP contribution is 2.13. The summed E-state index contributed by atoms with van der Waals surface area (Å²) in [7, 11) is 0. The molecular weight excluding hydrogens is 188 g/mol. The van der Waals surface area contributed by atoms with Crippen molar-refractivity contribution in [1.29, 1.82) is 0 Å². The average molecular weight is 214 g/mol. The minimum Gasteiger partial charge on any atom is -0.353 e. The van der Waals surface area contributed by atoms with Gasteiger partial charge in [0, 0.05) is 13.0 Å². The monoisotopic (exact) mass is 214 g/mol. The van der Waals surface area contributed by atoms with Crippen LogP contribution < -0.4 is 0 Å². The Kier molecular flexibility index (Phi) is 7.94. The van der Waals surface area contributed by atoms with Gasteiger partial charge in [0.1, 0.15) is 0 Å². The topological polar surface area (TPSA) is 18.5 Å². The van der Waals surface area contributed by atoms with Gasteiger partial charge in [-0.1, -0.05) is 51.9 Å². The molecule has 1 aliphatic rings. The molecule has 1 saturated heterocycles. The zero-order valence-corrected chi connectivity index (χ0v) is 10.2. The summed E-state index contributed by atoms with van der Waals surface area (Å²) in [6, 6.07) is 0. The Balaban J connectivity index is 1.66. The molecule has 1 atom stereocenters. The molecule has 0 amide bonds. The second-order valence-electron chi connectivity index (χ2n) is 4.43. The van der Waals surface area contributed by atoms with E-state index < -0.39 is 0 Å². The Morgan fingerprint density at radius 2 is 1.60 bits per heavy atom. The molecule has 1 rings (SSSR count). The van der Waals surface area contributed by atoms with Gasteiger partial charge in [0.25, 0.3) is 0 Å². The maximum atomic E-state index is 5.50. The van der Waals surface area contributed by atoms with Crippen molar-refractivity contribution in [3.63, 3.8) is 0 Å². The van der Waals surface area contributed by atoms with Gasteiger partial charge in [-0.3, -0.25) is 0 Å². The number of hydrogen-bond acceptors (Lipinski definition) is 2. The van der Waals surface area contributed by atoms with Gasteiger partial charge in [0.05, 0.1) is 6.61 Å². The first-order valence-corrected chi connectivity index (χ1v) is 6.66. The van der Waals surface area contributed by atoms with E-state index in [0.29, 0.717) is 0 Å². The normalized spacial score (nSPS) is 20.2. The molecule has 90 valence electrons. The van der Waals surface area contributed by atoms with E-state index in [1.165, 1.54) is 51.4 Å². The van der Waals surface area contributed by atoms with Crippen LogP contribution in [0.5, 0.6) is 0 Å². The second kappa shape index (κ2) is 9.17. The first-order valence-electron chi connectivity index (χ1n) is 6.66. The van der Waals surface area contributed by atoms with Crippen LogP contribution in [0.25, 0.3) is 0 Å². The third-order valence-corrected chi connectivity index (χ3v) is 2.96. The maximum Gasteiger partial charge on any atom is 0.159 e. The van der Waals surface area contributed by atoms with Gasteiger partial charge in [0.2, 0.25) is 0 Å². The molecule has 0 radical (unpaired) electrons. The second-order valence-corrected chi connectivity index (χ2v) is 4.43. The quantitative estimate of drug-likeness (QED) is 0.514. The van der Waals surface area contributed by atoms with Gasteiger partial charge in [-0.15, -0.1) is 0 Å². The molecule has 0 spiro atoms. The van der Waals surface area contributed by atoms with E-state index in [1.807, 2.05) is 0 Å². The fourth-order valence-corrected chi connectivity index (χ4v) is 1.80. The summed E-state index contributed by atoms with van der Waals surface area (Å²) in [5, 5.41) is 0. The fourth-order valence-electron chi connectivity index (χ4n) is 1.80.